The fourth-order valence-electron chi connectivity index (χ4n) is 4.00. The van der Waals surface area contributed by atoms with Crippen LogP contribution in [-0.4, -0.2) is 46.0 Å². The molecule has 6 nitrogen and oxygen atoms in total. The van der Waals surface area contributed by atoms with Crippen LogP contribution in [0.4, 0.5) is 5.69 Å². The number of aromatic amines is 2. The van der Waals surface area contributed by atoms with Crippen molar-refractivity contribution in [1.82, 2.24) is 19.9 Å². The van der Waals surface area contributed by atoms with E-state index < -0.39 is 0 Å². The fraction of sp³-hybridized carbons (Fsp3) is 0.217. The Morgan fingerprint density at radius 1 is 0.828 bits per heavy atom. The molecule has 2 aromatic heterocycles. The lowest BCUT2D eigenvalue weighted by molar-refractivity contribution is 0.249. The van der Waals surface area contributed by atoms with E-state index in [1.807, 2.05) is 24.5 Å². The number of anilines is 1. The third-order valence-corrected chi connectivity index (χ3v) is 5.55. The third-order valence-electron chi connectivity index (χ3n) is 5.55. The van der Waals surface area contributed by atoms with Crippen molar-refractivity contribution in [2.75, 3.05) is 31.1 Å². The smallest absolute Gasteiger partial charge is 0.323 e. The largest absolute Gasteiger partial charge is 0.369 e. The molecule has 0 amide bonds. The van der Waals surface area contributed by atoms with Gasteiger partial charge in [0.15, 0.2) is 0 Å². The number of piperazine rings is 1. The lowest BCUT2D eigenvalue weighted by atomic mass is 10.1. The van der Waals surface area contributed by atoms with E-state index in [1.54, 1.807) is 0 Å². The summed E-state index contributed by atoms with van der Waals surface area (Å²) in [7, 11) is 0. The Bertz CT molecular complexity index is 1170. The van der Waals surface area contributed by atoms with Crippen LogP contribution in [0.5, 0.6) is 0 Å². The van der Waals surface area contributed by atoms with Crippen LogP contribution < -0.4 is 10.6 Å². The highest BCUT2D eigenvalue weighted by Crippen LogP contribution is 2.22. The average molecular weight is 385 g/mol. The zero-order valence-corrected chi connectivity index (χ0v) is 16.1. The predicted octanol–water partition coefficient (Wildman–Crippen LogP) is 3.24. The van der Waals surface area contributed by atoms with E-state index in [1.165, 1.54) is 11.1 Å². The number of aromatic nitrogens is 3. The highest BCUT2D eigenvalue weighted by Gasteiger charge is 2.18. The predicted molar refractivity (Wildman–Crippen MR) is 116 cm³/mol. The Kier molecular flexibility index (Phi) is 4.62. The molecule has 0 atom stereocenters. The first-order valence-corrected chi connectivity index (χ1v) is 9.93. The summed E-state index contributed by atoms with van der Waals surface area (Å²) >= 11 is 0. The van der Waals surface area contributed by atoms with Gasteiger partial charge in [0.1, 0.15) is 0 Å². The quantitative estimate of drug-likeness (QED) is 0.566. The highest BCUT2D eigenvalue weighted by molar-refractivity contribution is 5.79. The number of nitrogens with zero attached hydrogens (tertiary/aromatic N) is 3. The Balaban J connectivity index is 1.24. The van der Waals surface area contributed by atoms with Crippen LogP contribution in [0, 0.1) is 0 Å². The van der Waals surface area contributed by atoms with Crippen LogP contribution in [0.25, 0.3) is 22.2 Å². The topological polar surface area (TPSA) is 68.0 Å². The maximum Gasteiger partial charge on any atom is 0.323 e. The minimum Gasteiger partial charge on any atom is -0.369 e. The molecule has 1 aliphatic rings. The van der Waals surface area contributed by atoms with Crippen molar-refractivity contribution in [2.45, 2.75) is 6.54 Å². The van der Waals surface area contributed by atoms with Crippen LogP contribution in [0.1, 0.15) is 5.56 Å². The molecule has 1 saturated heterocycles. The summed E-state index contributed by atoms with van der Waals surface area (Å²) in [6, 6.07) is 18.7. The minimum absolute atomic E-state index is 0.159. The van der Waals surface area contributed by atoms with E-state index in [9.17, 15) is 4.79 Å². The number of nitrogens with one attached hydrogen (secondary N) is 2. The van der Waals surface area contributed by atoms with Crippen LogP contribution in [0.15, 0.2) is 71.8 Å². The van der Waals surface area contributed by atoms with Gasteiger partial charge in [-0.05, 0) is 35.4 Å². The van der Waals surface area contributed by atoms with E-state index in [4.69, 9.17) is 0 Å². The molecule has 2 N–H and O–H groups in total. The zero-order chi connectivity index (χ0) is 19.6. The van der Waals surface area contributed by atoms with Gasteiger partial charge >= 0.3 is 5.69 Å². The Labute approximate surface area is 168 Å². The number of H-pyrrole nitrogens is 2. The summed E-state index contributed by atoms with van der Waals surface area (Å²) in [5.74, 6) is 0. The molecule has 1 fully saturated rings. The van der Waals surface area contributed by atoms with Gasteiger partial charge < -0.3 is 14.9 Å². The Hall–Kier alpha value is -3.38. The maximum absolute atomic E-state index is 11.5. The summed E-state index contributed by atoms with van der Waals surface area (Å²) in [5, 5.41) is 0. The molecular weight excluding hydrogens is 362 g/mol. The molecular formula is C23H23N5O. The summed E-state index contributed by atoms with van der Waals surface area (Å²) in [4.78, 5) is 26.4. The van der Waals surface area contributed by atoms with Gasteiger partial charge in [-0.3, -0.25) is 9.88 Å². The molecule has 2 aromatic carbocycles. The molecule has 0 saturated carbocycles. The number of fused-ring (bicyclic) bond motifs is 1. The summed E-state index contributed by atoms with van der Waals surface area (Å²) in [6.07, 6.45) is 3.90. The minimum atomic E-state index is -0.159. The van der Waals surface area contributed by atoms with Crippen molar-refractivity contribution in [1.29, 1.82) is 0 Å². The molecule has 0 aliphatic carbocycles. The molecule has 3 heterocycles. The number of hydrogen-bond donors (Lipinski definition) is 2. The van der Waals surface area contributed by atoms with Crippen LogP contribution >= 0.6 is 0 Å². The molecule has 0 spiro atoms. The van der Waals surface area contributed by atoms with E-state index in [-0.39, 0.29) is 5.69 Å². The van der Waals surface area contributed by atoms with Crippen LogP contribution in [0.2, 0.25) is 0 Å². The van der Waals surface area contributed by atoms with E-state index >= 15 is 0 Å². The zero-order valence-electron chi connectivity index (χ0n) is 16.1. The lowest BCUT2D eigenvalue weighted by Crippen LogP contribution is -2.45. The van der Waals surface area contributed by atoms with E-state index in [2.05, 4.69) is 67.2 Å². The first kappa shape index (κ1) is 17.7. The van der Waals surface area contributed by atoms with Gasteiger partial charge in [0.05, 0.1) is 11.0 Å². The molecule has 29 heavy (non-hydrogen) atoms. The Morgan fingerprint density at radius 2 is 1.62 bits per heavy atom. The number of pyridine rings is 1. The second kappa shape index (κ2) is 7.56. The van der Waals surface area contributed by atoms with Crippen LogP contribution in [-0.2, 0) is 6.54 Å². The number of imidazole rings is 1. The second-order valence-electron chi connectivity index (χ2n) is 7.52. The maximum atomic E-state index is 11.5. The van der Waals surface area contributed by atoms with Gasteiger partial charge in [-0.2, -0.15) is 0 Å². The summed E-state index contributed by atoms with van der Waals surface area (Å²) in [5.41, 5.74) is 6.31. The Morgan fingerprint density at radius 3 is 2.45 bits per heavy atom. The summed E-state index contributed by atoms with van der Waals surface area (Å²) in [6.45, 7) is 4.83. The van der Waals surface area contributed by atoms with Gasteiger partial charge in [-0.15, -0.1) is 0 Å². The number of rotatable bonds is 4. The van der Waals surface area contributed by atoms with Crippen molar-refractivity contribution < 1.29 is 0 Å². The average Bonchev–Trinajstić information content (AvgIpc) is 3.14. The third kappa shape index (κ3) is 3.79. The van der Waals surface area contributed by atoms with Gasteiger partial charge in [0.25, 0.3) is 0 Å². The highest BCUT2D eigenvalue weighted by atomic mass is 16.1. The molecule has 0 bridgehead atoms. The normalized spacial score (nSPS) is 15.1. The van der Waals surface area contributed by atoms with E-state index in [0.29, 0.717) is 0 Å². The SMILES string of the molecule is O=c1[nH]c2ccc(N3CCN(Cc4cncc(-c5ccccc5)c4)CC3)cc2[nH]1. The van der Waals surface area contributed by atoms with Crippen molar-refractivity contribution in [3.8, 4) is 11.1 Å². The second-order valence-corrected chi connectivity index (χ2v) is 7.52. The summed E-state index contributed by atoms with van der Waals surface area (Å²) < 4.78 is 0. The molecule has 4 aromatic rings. The molecule has 0 unspecified atom stereocenters. The molecule has 5 rings (SSSR count). The van der Waals surface area contributed by atoms with Crippen molar-refractivity contribution in [3.63, 3.8) is 0 Å². The standard InChI is InChI=1S/C23H23N5O/c29-23-25-21-7-6-20(13-22(21)26-23)28-10-8-27(9-11-28)16-17-12-19(15-24-14-17)18-4-2-1-3-5-18/h1-7,12-15H,8-11,16H2,(H2,25,26,29). The van der Waals surface area contributed by atoms with Crippen molar-refractivity contribution >= 4 is 16.7 Å². The molecule has 146 valence electrons. The van der Waals surface area contributed by atoms with Gasteiger partial charge in [-0.25, -0.2) is 4.79 Å². The number of benzene rings is 2. The van der Waals surface area contributed by atoms with Gasteiger partial charge in [-0.1, -0.05) is 30.3 Å². The molecule has 6 heteroatoms. The van der Waals surface area contributed by atoms with Crippen molar-refractivity contribution in [3.05, 3.63) is 83.0 Å². The van der Waals surface area contributed by atoms with Crippen molar-refractivity contribution in [2.24, 2.45) is 0 Å². The van der Waals surface area contributed by atoms with E-state index in [0.717, 1.165) is 55.0 Å². The first-order chi connectivity index (χ1) is 14.2. The van der Waals surface area contributed by atoms with Gasteiger partial charge in [0, 0.05) is 56.4 Å². The first-order valence-electron chi connectivity index (χ1n) is 9.93. The monoisotopic (exact) mass is 385 g/mol. The molecule has 0 radical (unpaired) electrons. The molecule has 1 aliphatic heterocycles. The fourth-order valence-corrected chi connectivity index (χ4v) is 4.00. The number of hydrogen-bond acceptors (Lipinski definition) is 4. The van der Waals surface area contributed by atoms with Crippen LogP contribution in [0.3, 0.4) is 0 Å². The van der Waals surface area contributed by atoms with Gasteiger partial charge in [0.2, 0.25) is 0 Å². The lowest BCUT2D eigenvalue weighted by Gasteiger charge is -2.36.